The van der Waals surface area contributed by atoms with E-state index in [9.17, 15) is 18.5 Å². The molecule has 0 aromatic heterocycles. The summed E-state index contributed by atoms with van der Waals surface area (Å²) in [6.07, 6.45) is 2.40. The lowest BCUT2D eigenvalue weighted by Gasteiger charge is -2.22. The fraction of sp³-hybridized carbons (Fsp3) is 0.429. The summed E-state index contributed by atoms with van der Waals surface area (Å²) in [5.74, 6) is 0.171. The van der Waals surface area contributed by atoms with Gasteiger partial charge < -0.3 is 10.1 Å². The average molecular weight is 432 g/mol. The maximum atomic E-state index is 13.2. The molecule has 2 unspecified atom stereocenters. The first-order valence-corrected chi connectivity index (χ1v) is 11.6. The van der Waals surface area contributed by atoms with E-state index >= 15 is 0 Å². The Balaban J connectivity index is 1.58. The number of ether oxygens (including phenoxy) is 1. The third-order valence-corrected chi connectivity index (χ3v) is 7.69. The number of non-ortho nitro benzene ring substituents is 1. The minimum Gasteiger partial charge on any atom is -0.384 e. The molecule has 2 aromatic carbocycles. The first kappa shape index (κ1) is 20.8. The van der Waals surface area contributed by atoms with Crippen LogP contribution in [0.2, 0.25) is 0 Å². The van der Waals surface area contributed by atoms with Crippen LogP contribution in [0.4, 0.5) is 11.4 Å². The highest BCUT2D eigenvalue weighted by Crippen LogP contribution is 2.36. The van der Waals surface area contributed by atoms with Gasteiger partial charge in [0.05, 0.1) is 16.7 Å². The number of nitro groups is 1. The van der Waals surface area contributed by atoms with E-state index < -0.39 is 14.9 Å². The Bertz CT molecular complexity index is 1010. The number of hydrogen-bond donors (Lipinski definition) is 1. The van der Waals surface area contributed by atoms with Crippen LogP contribution in [0.3, 0.4) is 0 Å². The van der Waals surface area contributed by atoms with E-state index in [2.05, 4.69) is 5.32 Å². The van der Waals surface area contributed by atoms with E-state index in [0.717, 1.165) is 30.9 Å². The van der Waals surface area contributed by atoms with Gasteiger partial charge in [0.25, 0.3) is 5.69 Å². The van der Waals surface area contributed by atoms with Gasteiger partial charge in [0.2, 0.25) is 10.0 Å². The molecule has 0 saturated carbocycles. The molecule has 2 fully saturated rings. The van der Waals surface area contributed by atoms with Gasteiger partial charge in [-0.15, -0.1) is 0 Å². The van der Waals surface area contributed by atoms with E-state index in [1.54, 1.807) is 0 Å². The largest absolute Gasteiger partial charge is 0.384 e. The molecule has 160 valence electrons. The molecule has 0 radical (unpaired) electrons. The molecule has 2 atom stereocenters. The Labute approximate surface area is 176 Å². The minimum atomic E-state index is -3.80. The highest BCUT2D eigenvalue weighted by atomic mass is 32.2. The smallest absolute Gasteiger partial charge is 0.270 e. The van der Waals surface area contributed by atoms with Crippen LogP contribution < -0.4 is 5.32 Å². The maximum Gasteiger partial charge on any atom is 0.270 e. The van der Waals surface area contributed by atoms with Crippen molar-refractivity contribution in [2.45, 2.75) is 30.3 Å². The van der Waals surface area contributed by atoms with E-state index in [4.69, 9.17) is 4.74 Å². The van der Waals surface area contributed by atoms with Crippen molar-refractivity contribution in [2.75, 3.05) is 31.6 Å². The monoisotopic (exact) mass is 431 g/mol. The number of hydrogen-bond acceptors (Lipinski definition) is 6. The molecule has 2 saturated heterocycles. The SMILES string of the molecule is O=[N+]([O-])c1ccc(NCC2CCOC2c2ccccc2)c(S(=O)(=O)N2CCCC2)c1. The molecule has 2 aliphatic heterocycles. The molecule has 2 aromatic rings. The fourth-order valence-electron chi connectivity index (χ4n) is 4.15. The summed E-state index contributed by atoms with van der Waals surface area (Å²) in [5, 5.41) is 14.5. The molecule has 2 aliphatic rings. The number of nitro benzene ring substituents is 1. The predicted octanol–water partition coefficient (Wildman–Crippen LogP) is 3.57. The summed E-state index contributed by atoms with van der Waals surface area (Å²) < 4.78 is 33.6. The second-order valence-corrected chi connectivity index (χ2v) is 9.59. The van der Waals surface area contributed by atoms with Gasteiger partial charge in [-0.3, -0.25) is 10.1 Å². The van der Waals surface area contributed by atoms with Crippen LogP contribution in [0.25, 0.3) is 0 Å². The Morgan fingerprint density at radius 1 is 1.13 bits per heavy atom. The van der Waals surface area contributed by atoms with Crippen molar-refractivity contribution in [3.8, 4) is 0 Å². The van der Waals surface area contributed by atoms with E-state index in [0.29, 0.717) is 31.9 Å². The van der Waals surface area contributed by atoms with Gasteiger partial charge in [-0.05, 0) is 30.9 Å². The van der Waals surface area contributed by atoms with Gasteiger partial charge >= 0.3 is 0 Å². The molecule has 4 rings (SSSR count). The van der Waals surface area contributed by atoms with Crippen molar-refractivity contribution in [1.82, 2.24) is 4.31 Å². The molecule has 0 aliphatic carbocycles. The second kappa shape index (κ2) is 8.71. The zero-order valence-corrected chi connectivity index (χ0v) is 17.4. The summed E-state index contributed by atoms with van der Waals surface area (Å²) >= 11 is 0. The van der Waals surface area contributed by atoms with Crippen LogP contribution in [-0.4, -0.2) is 43.9 Å². The first-order valence-electron chi connectivity index (χ1n) is 10.2. The number of anilines is 1. The minimum absolute atomic E-state index is 0.0335. The van der Waals surface area contributed by atoms with E-state index in [-0.39, 0.29) is 22.6 Å². The molecular formula is C21H25N3O5S. The summed E-state index contributed by atoms with van der Waals surface area (Å²) in [4.78, 5) is 10.6. The Kier molecular flexibility index (Phi) is 6.03. The van der Waals surface area contributed by atoms with Crippen molar-refractivity contribution in [2.24, 2.45) is 5.92 Å². The number of benzene rings is 2. The summed E-state index contributed by atoms with van der Waals surface area (Å²) in [7, 11) is -3.80. The molecule has 9 heteroatoms. The molecule has 2 heterocycles. The van der Waals surface area contributed by atoms with Gasteiger partial charge in [-0.2, -0.15) is 4.31 Å². The molecule has 0 amide bonds. The van der Waals surface area contributed by atoms with Gasteiger partial charge in [0.15, 0.2) is 0 Å². The van der Waals surface area contributed by atoms with Crippen LogP contribution in [0.1, 0.15) is 30.9 Å². The summed E-state index contributed by atoms with van der Waals surface area (Å²) in [5.41, 5.74) is 1.26. The van der Waals surface area contributed by atoms with Gasteiger partial charge in [-0.1, -0.05) is 30.3 Å². The fourth-order valence-corrected chi connectivity index (χ4v) is 5.85. The predicted molar refractivity (Wildman–Crippen MR) is 113 cm³/mol. The zero-order chi connectivity index (χ0) is 21.1. The van der Waals surface area contributed by atoms with Gasteiger partial charge in [0.1, 0.15) is 4.90 Å². The molecule has 30 heavy (non-hydrogen) atoms. The van der Waals surface area contributed by atoms with Crippen LogP contribution in [-0.2, 0) is 14.8 Å². The van der Waals surface area contributed by atoms with Gasteiger partial charge in [0, 0.05) is 44.3 Å². The maximum absolute atomic E-state index is 13.2. The topological polar surface area (TPSA) is 102 Å². The average Bonchev–Trinajstić information content (AvgIpc) is 3.45. The molecular weight excluding hydrogens is 406 g/mol. The normalized spacial score (nSPS) is 22.3. The van der Waals surface area contributed by atoms with Gasteiger partial charge in [-0.25, -0.2) is 8.42 Å². The number of nitrogens with one attached hydrogen (secondary N) is 1. The lowest BCUT2D eigenvalue weighted by atomic mass is 9.95. The standard InChI is InChI=1S/C21H25N3O5S/c25-24(26)18-8-9-19(20(14-18)30(27,28)23-11-4-5-12-23)22-15-17-10-13-29-21(17)16-6-2-1-3-7-16/h1-3,6-9,14,17,21-22H,4-5,10-13,15H2. The van der Waals surface area contributed by atoms with Crippen LogP contribution in [0.5, 0.6) is 0 Å². The lowest BCUT2D eigenvalue weighted by molar-refractivity contribution is -0.385. The Hall–Kier alpha value is -2.49. The van der Waals surface area contributed by atoms with E-state index in [1.165, 1.54) is 16.4 Å². The quantitative estimate of drug-likeness (QED) is 0.531. The van der Waals surface area contributed by atoms with Crippen LogP contribution in [0, 0.1) is 16.0 Å². The first-order chi connectivity index (χ1) is 14.5. The highest BCUT2D eigenvalue weighted by Gasteiger charge is 2.33. The molecule has 1 N–H and O–H groups in total. The van der Waals surface area contributed by atoms with Crippen molar-refractivity contribution in [3.63, 3.8) is 0 Å². The number of sulfonamides is 1. The van der Waals surface area contributed by atoms with Crippen molar-refractivity contribution in [3.05, 3.63) is 64.2 Å². The third kappa shape index (κ3) is 4.19. The zero-order valence-electron chi connectivity index (χ0n) is 16.6. The Morgan fingerprint density at radius 3 is 2.57 bits per heavy atom. The van der Waals surface area contributed by atoms with E-state index in [1.807, 2.05) is 30.3 Å². The molecule has 0 spiro atoms. The lowest BCUT2D eigenvalue weighted by Crippen LogP contribution is -2.29. The summed E-state index contributed by atoms with van der Waals surface area (Å²) in [6.45, 7) is 2.04. The molecule has 8 nitrogen and oxygen atoms in total. The number of nitrogens with zero attached hydrogens (tertiary/aromatic N) is 2. The summed E-state index contributed by atoms with van der Waals surface area (Å²) in [6, 6.07) is 13.9. The van der Waals surface area contributed by atoms with Crippen molar-refractivity contribution in [1.29, 1.82) is 0 Å². The van der Waals surface area contributed by atoms with Crippen LogP contribution in [0.15, 0.2) is 53.4 Å². The third-order valence-electron chi connectivity index (χ3n) is 5.76. The van der Waals surface area contributed by atoms with Crippen LogP contribution >= 0.6 is 0 Å². The van der Waals surface area contributed by atoms with Crippen molar-refractivity contribution >= 4 is 21.4 Å². The highest BCUT2D eigenvalue weighted by molar-refractivity contribution is 7.89. The number of rotatable bonds is 7. The second-order valence-electron chi connectivity index (χ2n) is 7.68. The Morgan fingerprint density at radius 2 is 1.87 bits per heavy atom. The molecule has 0 bridgehead atoms. The van der Waals surface area contributed by atoms with Crippen molar-refractivity contribution < 1.29 is 18.1 Å².